The number of aromatic nitrogens is 2. The minimum Gasteiger partial charge on any atom is -0.493 e. The highest BCUT2D eigenvalue weighted by Gasteiger charge is 2.17. The molecule has 1 unspecified atom stereocenters. The molecule has 1 atom stereocenters. The van der Waals surface area contributed by atoms with Gasteiger partial charge in [-0.3, -0.25) is 0 Å². The van der Waals surface area contributed by atoms with Crippen molar-refractivity contribution in [3.63, 3.8) is 0 Å². The van der Waals surface area contributed by atoms with E-state index < -0.39 is 0 Å². The average Bonchev–Trinajstić information content (AvgIpc) is 3.11. The summed E-state index contributed by atoms with van der Waals surface area (Å²) in [6.07, 6.45) is 5.79. The maximum Gasteiger partial charge on any atom is 0.161 e. The van der Waals surface area contributed by atoms with E-state index in [9.17, 15) is 0 Å². The van der Waals surface area contributed by atoms with Gasteiger partial charge in [-0.15, -0.1) is 0 Å². The zero-order valence-electron chi connectivity index (χ0n) is 16.8. The third kappa shape index (κ3) is 5.67. The Labute approximate surface area is 162 Å². The van der Waals surface area contributed by atoms with Gasteiger partial charge in [0.05, 0.1) is 13.7 Å². The molecular weight excluding hydrogens is 338 g/mol. The summed E-state index contributed by atoms with van der Waals surface area (Å²) < 4.78 is 11.5. The van der Waals surface area contributed by atoms with Crippen LogP contribution in [0, 0.1) is 5.92 Å². The Bertz CT molecular complexity index is 735. The van der Waals surface area contributed by atoms with Crippen molar-refractivity contribution >= 4 is 0 Å². The number of hydrogen-bond donors (Lipinski definition) is 0. The van der Waals surface area contributed by atoms with E-state index in [1.165, 1.54) is 19.5 Å². The molecule has 1 aromatic carbocycles. The van der Waals surface area contributed by atoms with Crippen molar-refractivity contribution in [2.24, 2.45) is 5.92 Å². The Balaban J connectivity index is 1.57. The van der Waals surface area contributed by atoms with Crippen molar-refractivity contribution in [2.75, 3.05) is 33.4 Å². The van der Waals surface area contributed by atoms with Crippen LogP contribution in [0.1, 0.15) is 43.8 Å². The van der Waals surface area contributed by atoms with E-state index in [0.717, 1.165) is 53.9 Å². The number of methoxy groups -OCH3 is 1. The van der Waals surface area contributed by atoms with Gasteiger partial charge < -0.3 is 14.4 Å². The van der Waals surface area contributed by atoms with E-state index in [4.69, 9.17) is 9.47 Å². The zero-order chi connectivity index (χ0) is 19.1. The fraction of sp³-hybridized carbons (Fsp3) is 0.545. The van der Waals surface area contributed by atoms with Crippen molar-refractivity contribution in [3.8, 4) is 11.5 Å². The molecule has 1 aromatic heterocycles. The SMILES string of the molecule is CCc1ccnc(Cc2ccc(OC)c(OCCCN3CCC(C)C3)c2)n1. The normalized spacial score (nSPS) is 17.2. The molecule has 146 valence electrons. The van der Waals surface area contributed by atoms with Crippen LogP contribution < -0.4 is 9.47 Å². The van der Waals surface area contributed by atoms with E-state index in [-0.39, 0.29) is 0 Å². The highest BCUT2D eigenvalue weighted by atomic mass is 16.5. The molecule has 3 rings (SSSR count). The maximum absolute atomic E-state index is 6.05. The van der Waals surface area contributed by atoms with Crippen LogP contribution in [0.3, 0.4) is 0 Å². The van der Waals surface area contributed by atoms with Crippen LogP contribution in [0.5, 0.6) is 11.5 Å². The van der Waals surface area contributed by atoms with Crippen LogP contribution >= 0.6 is 0 Å². The standard InChI is InChI=1S/C22H31N3O2/c1-4-19-8-10-23-22(24-19)15-18-6-7-20(26-3)21(14-18)27-13-5-11-25-12-9-17(2)16-25/h6-8,10,14,17H,4-5,9,11-13,15-16H2,1-3H3. The lowest BCUT2D eigenvalue weighted by molar-refractivity contribution is 0.251. The van der Waals surface area contributed by atoms with Gasteiger partial charge in [-0.1, -0.05) is 19.9 Å². The largest absolute Gasteiger partial charge is 0.493 e. The second-order valence-electron chi connectivity index (χ2n) is 7.38. The van der Waals surface area contributed by atoms with E-state index in [1.807, 2.05) is 18.3 Å². The maximum atomic E-state index is 6.05. The topological polar surface area (TPSA) is 47.5 Å². The van der Waals surface area contributed by atoms with Gasteiger partial charge in [0, 0.05) is 31.4 Å². The number of aryl methyl sites for hydroxylation is 1. The molecule has 2 aromatic rings. The highest BCUT2D eigenvalue weighted by Crippen LogP contribution is 2.29. The van der Waals surface area contributed by atoms with Gasteiger partial charge in [-0.25, -0.2) is 9.97 Å². The first kappa shape index (κ1) is 19.6. The van der Waals surface area contributed by atoms with E-state index in [0.29, 0.717) is 13.0 Å². The van der Waals surface area contributed by atoms with Gasteiger partial charge >= 0.3 is 0 Å². The monoisotopic (exact) mass is 369 g/mol. The highest BCUT2D eigenvalue weighted by molar-refractivity contribution is 5.43. The molecule has 1 saturated heterocycles. The molecule has 0 radical (unpaired) electrons. The summed E-state index contributed by atoms with van der Waals surface area (Å²) in [4.78, 5) is 11.5. The first-order valence-electron chi connectivity index (χ1n) is 10.0. The predicted octanol–water partition coefficient (Wildman–Crippen LogP) is 3.75. The van der Waals surface area contributed by atoms with Crippen LogP contribution in [0.15, 0.2) is 30.5 Å². The number of ether oxygens (including phenoxy) is 2. The molecule has 0 spiro atoms. The summed E-state index contributed by atoms with van der Waals surface area (Å²) in [5, 5.41) is 0. The summed E-state index contributed by atoms with van der Waals surface area (Å²) in [6.45, 7) is 8.67. The summed E-state index contributed by atoms with van der Waals surface area (Å²) in [5.41, 5.74) is 2.20. The van der Waals surface area contributed by atoms with Crippen LogP contribution in [0.25, 0.3) is 0 Å². The van der Waals surface area contributed by atoms with Crippen LogP contribution in [-0.4, -0.2) is 48.2 Å². The Kier molecular flexibility index (Phi) is 7.04. The number of benzene rings is 1. The summed E-state index contributed by atoms with van der Waals surface area (Å²) in [7, 11) is 1.68. The van der Waals surface area contributed by atoms with Gasteiger partial charge in [-0.05, 0) is 55.5 Å². The molecule has 0 aliphatic carbocycles. The molecule has 1 aliphatic rings. The minimum absolute atomic E-state index is 0.694. The first-order valence-corrected chi connectivity index (χ1v) is 10.0. The van der Waals surface area contributed by atoms with Gasteiger partial charge in [0.2, 0.25) is 0 Å². The van der Waals surface area contributed by atoms with Crippen LogP contribution in [-0.2, 0) is 12.8 Å². The molecule has 2 heterocycles. The van der Waals surface area contributed by atoms with Gasteiger partial charge in [-0.2, -0.15) is 0 Å². The Hall–Kier alpha value is -2.14. The zero-order valence-corrected chi connectivity index (χ0v) is 16.8. The Morgan fingerprint density at radius 3 is 2.85 bits per heavy atom. The first-order chi connectivity index (χ1) is 13.2. The third-order valence-electron chi connectivity index (χ3n) is 5.10. The molecule has 5 heteroatoms. The molecule has 0 saturated carbocycles. The summed E-state index contributed by atoms with van der Waals surface area (Å²) in [5.74, 6) is 3.25. The van der Waals surface area contributed by atoms with Crippen molar-refractivity contribution in [1.82, 2.24) is 14.9 Å². The van der Waals surface area contributed by atoms with Crippen molar-refractivity contribution in [1.29, 1.82) is 0 Å². The van der Waals surface area contributed by atoms with E-state index >= 15 is 0 Å². The number of likely N-dealkylation sites (tertiary alicyclic amines) is 1. The quantitative estimate of drug-likeness (QED) is 0.630. The minimum atomic E-state index is 0.694. The fourth-order valence-corrected chi connectivity index (χ4v) is 3.55. The summed E-state index contributed by atoms with van der Waals surface area (Å²) >= 11 is 0. The lowest BCUT2D eigenvalue weighted by atomic mass is 10.1. The number of nitrogens with zero attached hydrogens (tertiary/aromatic N) is 3. The molecule has 0 bridgehead atoms. The Morgan fingerprint density at radius 1 is 1.22 bits per heavy atom. The number of hydrogen-bond acceptors (Lipinski definition) is 5. The third-order valence-corrected chi connectivity index (χ3v) is 5.10. The van der Waals surface area contributed by atoms with Crippen molar-refractivity contribution in [3.05, 3.63) is 47.5 Å². The predicted molar refractivity (Wildman–Crippen MR) is 108 cm³/mol. The van der Waals surface area contributed by atoms with Gasteiger partial charge in [0.15, 0.2) is 11.5 Å². The smallest absolute Gasteiger partial charge is 0.161 e. The second-order valence-corrected chi connectivity index (χ2v) is 7.38. The molecule has 0 N–H and O–H groups in total. The molecule has 1 aliphatic heterocycles. The molecule has 5 nitrogen and oxygen atoms in total. The van der Waals surface area contributed by atoms with Crippen molar-refractivity contribution in [2.45, 2.75) is 39.5 Å². The molecule has 27 heavy (non-hydrogen) atoms. The second kappa shape index (κ2) is 9.70. The van der Waals surface area contributed by atoms with Gasteiger partial charge in [0.1, 0.15) is 5.82 Å². The van der Waals surface area contributed by atoms with Gasteiger partial charge in [0.25, 0.3) is 0 Å². The van der Waals surface area contributed by atoms with Crippen LogP contribution in [0.2, 0.25) is 0 Å². The van der Waals surface area contributed by atoms with E-state index in [1.54, 1.807) is 7.11 Å². The van der Waals surface area contributed by atoms with E-state index in [2.05, 4.69) is 40.8 Å². The Morgan fingerprint density at radius 2 is 2.11 bits per heavy atom. The van der Waals surface area contributed by atoms with Crippen LogP contribution in [0.4, 0.5) is 0 Å². The lowest BCUT2D eigenvalue weighted by Gasteiger charge is -2.16. The number of rotatable bonds is 9. The average molecular weight is 370 g/mol. The summed E-state index contributed by atoms with van der Waals surface area (Å²) in [6, 6.07) is 8.04. The molecule has 0 amide bonds. The fourth-order valence-electron chi connectivity index (χ4n) is 3.55. The lowest BCUT2D eigenvalue weighted by Crippen LogP contribution is -2.23. The molecule has 1 fully saturated rings. The molecular formula is C22H31N3O2. The van der Waals surface area contributed by atoms with Crippen molar-refractivity contribution < 1.29 is 9.47 Å².